The number of aromatic nitrogens is 1. The third kappa shape index (κ3) is 2.70. The van der Waals surface area contributed by atoms with Gasteiger partial charge < -0.3 is 14.4 Å². The fraction of sp³-hybridized carbons (Fsp3) is 0.312. The van der Waals surface area contributed by atoms with E-state index in [0.29, 0.717) is 0 Å². The zero-order chi connectivity index (χ0) is 14.8. The highest BCUT2D eigenvalue weighted by molar-refractivity contribution is 9.10. The number of benzene rings is 1. The van der Waals surface area contributed by atoms with Crippen LogP contribution in [-0.4, -0.2) is 25.7 Å². The van der Waals surface area contributed by atoms with Crippen LogP contribution in [0.25, 0.3) is 0 Å². The van der Waals surface area contributed by atoms with Gasteiger partial charge in [-0.3, -0.25) is 0 Å². The molecule has 0 spiro atoms. The van der Waals surface area contributed by atoms with E-state index in [0.717, 1.165) is 41.3 Å². The molecule has 0 aliphatic carbocycles. The summed E-state index contributed by atoms with van der Waals surface area (Å²) in [4.78, 5) is 6.75. The molecule has 3 rings (SSSR count). The van der Waals surface area contributed by atoms with Gasteiger partial charge in [0.15, 0.2) is 11.5 Å². The molecule has 0 radical (unpaired) electrons. The summed E-state index contributed by atoms with van der Waals surface area (Å²) >= 11 is 3.57. The monoisotopic (exact) mass is 348 g/mol. The molecule has 0 atom stereocenters. The van der Waals surface area contributed by atoms with Gasteiger partial charge in [-0.25, -0.2) is 4.98 Å². The summed E-state index contributed by atoms with van der Waals surface area (Å²) in [5, 5.41) is 0. The average Bonchev–Trinajstić information content (AvgIpc) is 2.53. The summed E-state index contributed by atoms with van der Waals surface area (Å²) in [6.45, 7) is 1.77. The number of rotatable bonds is 3. The number of hydrogen-bond acceptors (Lipinski definition) is 4. The largest absolute Gasteiger partial charge is 0.493 e. The molecule has 110 valence electrons. The summed E-state index contributed by atoms with van der Waals surface area (Å²) in [5.74, 6) is 2.56. The van der Waals surface area contributed by atoms with Crippen molar-refractivity contribution in [3.8, 4) is 11.5 Å². The first-order chi connectivity index (χ1) is 10.2. The van der Waals surface area contributed by atoms with Gasteiger partial charge in [0.1, 0.15) is 5.82 Å². The van der Waals surface area contributed by atoms with Crippen molar-refractivity contribution in [1.29, 1.82) is 0 Å². The minimum absolute atomic E-state index is 0.776. The predicted molar refractivity (Wildman–Crippen MR) is 86.2 cm³/mol. The Morgan fingerprint density at radius 2 is 1.86 bits per heavy atom. The molecule has 0 unspecified atom stereocenters. The van der Waals surface area contributed by atoms with Gasteiger partial charge in [0.25, 0.3) is 0 Å². The lowest BCUT2D eigenvalue weighted by molar-refractivity contribution is 0.353. The van der Waals surface area contributed by atoms with E-state index in [9.17, 15) is 0 Å². The van der Waals surface area contributed by atoms with Crippen molar-refractivity contribution >= 4 is 21.7 Å². The van der Waals surface area contributed by atoms with Crippen LogP contribution in [0.15, 0.2) is 34.9 Å². The maximum absolute atomic E-state index is 5.40. The Labute approximate surface area is 132 Å². The van der Waals surface area contributed by atoms with E-state index < -0.39 is 0 Å². The van der Waals surface area contributed by atoms with Gasteiger partial charge in [-0.1, -0.05) is 0 Å². The maximum Gasteiger partial charge on any atom is 0.161 e. The van der Waals surface area contributed by atoms with Crippen molar-refractivity contribution in [3.63, 3.8) is 0 Å². The van der Waals surface area contributed by atoms with Gasteiger partial charge in [0.05, 0.1) is 18.7 Å². The average molecular weight is 349 g/mol. The Morgan fingerprint density at radius 3 is 2.52 bits per heavy atom. The lowest BCUT2D eigenvalue weighted by Gasteiger charge is -2.31. The van der Waals surface area contributed by atoms with Crippen LogP contribution in [0.1, 0.15) is 11.1 Å². The second kappa shape index (κ2) is 5.93. The van der Waals surface area contributed by atoms with Crippen LogP contribution < -0.4 is 14.4 Å². The van der Waals surface area contributed by atoms with E-state index in [1.165, 1.54) is 11.1 Å². The Hall–Kier alpha value is -1.75. The molecule has 1 aromatic carbocycles. The third-order valence-corrected chi connectivity index (χ3v) is 4.38. The Bertz CT molecular complexity index is 661. The van der Waals surface area contributed by atoms with Gasteiger partial charge in [0, 0.05) is 19.3 Å². The van der Waals surface area contributed by atoms with Crippen LogP contribution in [0.4, 0.5) is 5.82 Å². The van der Waals surface area contributed by atoms with Crippen molar-refractivity contribution < 1.29 is 9.47 Å². The first kappa shape index (κ1) is 14.2. The summed E-state index contributed by atoms with van der Waals surface area (Å²) in [6, 6.07) is 8.10. The topological polar surface area (TPSA) is 34.6 Å². The van der Waals surface area contributed by atoms with E-state index >= 15 is 0 Å². The Balaban J connectivity index is 1.93. The fourth-order valence-corrected chi connectivity index (χ4v) is 3.18. The van der Waals surface area contributed by atoms with Crippen LogP contribution in [0.3, 0.4) is 0 Å². The molecule has 0 N–H and O–H groups in total. The molecule has 4 nitrogen and oxygen atoms in total. The molecule has 0 bridgehead atoms. The number of fused-ring (bicyclic) bond motifs is 1. The highest BCUT2D eigenvalue weighted by Gasteiger charge is 2.21. The van der Waals surface area contributed by atoms with Crippen LogP contribution in [0, 0.1) is 0 Å². The second-order valence-corrected chi connectivity index (χ2v) is 5.81. The zero-order valence-corrected chi connectivity index (χ0v) is 13.7. The summed E-state index contributed by atoms with van der Waals surface area (Å²) in [7, 11) is 3.34. The number of hydrogen-bond donors (Lipinski definition) is 0. The van der Waals surface area contributed by atoms with Crippen molar-refractivity contribution in [2.24, 2.45) is 0 Å². The molecular formula is C16H17BrN2O2. The van der Waals surface area contributed by atoms with Gasteiger partial charge in [0.2, 0.25) is 0 Å². The minimum atomic E-state index is 0.776. The van der Waals surface area contributed by atoms with Crippen molar-refractivity contribution in [1.82, 2.24) is 4.98 Å². The quantitative estimate of drug-likeness (QED) is 0.851. The van der Waals surface area contributed by atoms with Gasteiger partial charge in [-0.15, -0.1) is 0 Å². The number of methoxy groups -OCH3 is 2. The van der Waals surface area contributed by atoms with E-state index in [1.54, 1.807) is 14.2 Å². The Kier molecular flexibility index (Phi) is 4.01. The normalized spacial score (nSPS) is 13.8. The number of halogens is 1. The minimum Gasteiger partial charge on any atom is -0.493 e. The molecule has 0 saturated carbocycles. The lowest BCUT2D eigenvalue weighted by atomic mass is 9.99. The zero-order valence-electron chi connectivity index (χ0n) is 12.1. The molecule has 21 heavy (non-hydrogen) atoms. The van der Waals surface area contributed by atoms with Crippen LogP contribution in [-0.2, 0) is 13.0 Å². The molecule has 2 aromatic rings. The van der Waals surface area contributed by atoms with Crippen LogP contribution in [0.2, 0.25) is 0 Å². The van der Waals surface area contributed by atoms with Crippen molar-refractivity contribution in [2.75, 3.05) is 25.7 Å². The van der Waals surface area contributed by atoms with E-state index in [-0.39, 0.29) is 0 Å². The van der Waals surface area contributed by atoms with Gasteiger partial charge in [-0.2, -0.15) is 0 Å². The summed E-state index contributed by atoms with van der Waals surface area (Å²) in [5.41, 5.74) is 2.58. The van der Waals surface area contributed by atoms with Crippen molar-refractivity contribution in [2.45, 2.75) is 13.0 Å². The molecule has 2 heterocycles. The molecule has 0 fully saturated rings. The van der Waals surface area contributed by atoms with Crippen LogP contribution in [0.5, 0.6) is 11.5 Å². The second-order valence-electron chi connectivity index (χ2n) is 4.96. The van der Waals surface area contributed by atoms with Crippen molar-refractivity contribution in [3.05, 3.63) is 46.1 Å². The fourth-order valence-electron chi connectivity index (χ4n) is 2.67. The first-order valence-electron chi connectivity index (χ1n) is 6.82. The number of anilines is 1. The van der Waals surface area contributed by atoms with Crippen LogP contribution >= 0.6 is 15.9 Å². The SMILES string of the molecule is COc1cc2c(cc1OC)CN(c1ncccc1Br)CC2. The summed E-state index contributed by atoms with van der Waals surface area (Å²) < 4.78 is 11.8. The number of nitrogens with zero attached hydrogens (tertiary/aromatic N) is 2. The molecule has 0 amide bonds. The molecule has 0 saturated heterocycles. The van der Waals surface area contributed by atoms with E-state index in [4.69, 9.17) is 9.47 Å². The molecular weight excluding hydrogens is 332 g/mol. The maximum atomic E-state index is 5.40. The molecule has 1 aromatic heterocycles. The van der Waals surface area contributed by atoms with Gasteiger partial charge >= 0.3 is 0 Å². The number of pyridine rings is 1. The lowest BCUT2D eigenvalue weighted by Crippen LogP contribution is -2.31. The third-order valence-electron chi connectivity index (χ3n) is 3.76. The molecule has 1 aliphatic rings. The van der Waals surface area contributed by atoms with E-state index in [1.807, 2.05) is 18.3 Å². The highest BCUT2D eigenvalue weighted by Crippen LogP contribution is 2.35. The highest BCUT2D eigenvalue weighted by atomic mass is 79.9. The Morgan fingerprint density at radius 1 is 1.14 bits per heavy atom. The summed E-state index contributed by atoms with van der Waals surface area (Å²) in [6.07, 6.45) is 2.79. The smallest absolute Gasteiger partial charge is 0.161 e. The molecule has 1 aliphatic heterocycles. The van der Waals surface area contributed by atoms with E-state index in [2.05, 4.69) is 37.9 Å². The standard InChI is InChI=1S/C16H17BrN2O2/c1-20-14-8-11-5-7-19(10-12(11)9-15(14)21-2)16-13(17)4-3-6-18-16/h3-4,6,8-9H,5,7,10H2,1-2H3. The first-order valence-corrected chi connectivity index (χ1v) is 7.61. The molecule has 5 heteroatoms. The number of ether oxygens (including phenoxy) is 2. The van der Waals surface area contributed by atoms with Gasteiger partial charge in [-0.05, 0) is 57.7 Å². The predicted octanol–water partition coefficient (Wildman–Crippen LogP) is 3.42.